The van der Waals surface area contributed by atoms with E-state index in [-0.39, 0.29) is 0 Å². The van der Waals surface area contributed by atoms with Gasteiger partial charge < -0.3 is 5.21 Å². The first-order chi connectivity index (χ1) is 8.83. The van der Waals surface area contributed by atoms with Crippen LogP contribution in [-0.2, 0) is 0 Å². The molecule has 2 aromatic rings. The van der Waals surface area contributed by atoms with Crippen LogP contribution in [0.4, 0.5) is 0 Å². The zero-order valence-electron chi connectivity index (χ0n) is 9.62. The second-order valence-electron chi connectivity index (χ2n) is 3.70. The van der Waals surface area contributed by atoms with Gasteiger partial charge in [-0.25, -0.2) is 0 Å². The maximum atomic E-state index is 8.81. The van der Waals surface area contributed by atoms with E-state index in [9.17, 15) is 0 Å². The van der Waals surface area contributed by atoms with Gasteiger partial charge in [0, 0.05) is 10.1 Å². The topological polar surface area (TPSA) is 32.6 Å². The Labute approximate surface area is 114 Å². The third-order valence-corrected chi connectivity index (χ3v) is 3.42. The lowest BCUT2D eigenvalue weighted by molar-refractivity contribution is 0.322. The molecule has 0 aliphatic heterocycles. The fraction of sp³-hybridized carbons (Fsp3) is 0. The Morgan fingerprint density at radius 3 is 1.89 bits per heavy atom. The molecule has 0 fully saturated rings. The van der Waals surface area contributed by atoms with E-state index in [0.29, 0.717) is 0 Å². The van der Waals surface area contributed by atoms with Crippen LogP contribution in [0.2, 0.25) is 0 Å². The Morgan fingerprint density at radius 2 is 1.39 bits per heavy atom. The van der Waals surface area contributed by atoms with Gasteiger partial charge in [-0.2, -0.15) is 0 Å². The Bertz CT molecular complexity index is 562. The molecule has 0 radical (unpaired) electrons. The number of nitrogens with zero attached hydrogens (tertiary/aromatic N) is 1. The first-order valence-corrected chi connectivity index (χ1v) is 6.30. The number of benzene rings is 2. The second-order valence-corrected chi connectivity index (χ2v) is 4.50. The molecule has 2 rings (SSSR count). The van der Waals surface area contributed by atoms with Gasteiger partial charge in [-0.3, -0.25) is 0 Å². The molecule has 18 heavy (non-hydrogen) atoms. The van der Waals surface area contributed by atoms with Crippen molar-refractivity contribution < 1.29 is 5.21 Å². The van der Waals surface area contributed by atoms with Crippen molar-refractivity contribution in [1.82, 2.24) is 0 Å². The summed E-state index contributed by atoms with van der Waals surface area (Å²) in [4.78, 5) is 0. The molecule has 0 unspecified atom stereocenters. The molecule has 0 amide bonds. The highest BCUT2D eigenvalue weighted by Gasteiger charge is 2.07. The molecule has 3 heteroatoms. The molecule has 90 valence electrons. The van der Waals surface area contributed by atoms with E-state index in [1.807, 2.05) is 60.7 Å². The Balaban J connectivity index is 2.54. The van der Waals surface area contributed by atoms with Crippen molar-refractivity contribution in [2.45, 2.75) is 0 Å². The quantitative estimate of drug-likeness (QED) is 0.387. The molecule has 2 nitrogen and oxygen atoms in total. The molecule has 0 spiro atoms. The summed E-state index contributed by atoms with van der Waals surface area (Å²) >= 11 is 3.57. The summed E-state index contributed by atoms with van der Waals surface area (Å²) in [6.45, 7) is 0. The summed E-state index contributed by atoms with van der Waals surface area (Å²) in [5.41, 5.74) is 2.87. The fourth-order valence-corrected chi connectivity index (χ4v) is 2.27. The zero-order chi connectivity index (χ0) is 12.8. The summed E-state index contributed by atoms with van der Waals surface area (Å²) < 4.78 is 0.895. The SMILES string of the molecule is O/N=C\C(=C(\Br)c1ccccc1)c1ccccc1. The van der Waals surface area contributed by atoms with E-state index in [0.717, 1.165) is 21.2 Å². The minimum absolute atomic E-state index is 0.837. The van der Waals surface area contributed by atoms with Gasteiger partial charge in [0.05, 0.1) is 6.21 Å². The number of rotatable bonds is 3. The number of hydrogen-bond donors (Lipinski definition) is 1. The van der Waals surface area contributed by atoms with Crippen LogP contribution in [0.25, 0.3) is 10.1 Å². The number of oxime groups is 1. The van der Waals surface area contributed by atoms with E-state index in [1.165, 1.54) is 6.21 Å². The Morgan fingerprint density at radius 1 is 0.889 bits per heavy atom. The van der Waals surface area contributed by atoms with Crippen LogP contribution in [0.3, 0.4) is 0 Å². The van der Waals surface area contributed by atoms with Crippen molar-refractivity contribution >= 4 is 32.2 Å². The molecular formula is C15H12BrNO. The normalized spacial score (nSPS) is 12.5. The van der Waals surface area contributed by atoms with Crippen LogP contribution in [0.1, 0.15) is 11.1 Å². The van der Waals surface area contributed by atoms with Gasteiger partial charge in [0.15, 0.2) is 0 Å². The van der Waals surface area contributed by atoms with E-state index in [4.69, 9.17) is 5.21 Å². The standard InChI is InChI=1S/C15H12BrNO/c16-15(13-9-5-2-6-10-13)14(11-17-18)12-7-3-1-4-8-12/h1-11,18H/b15-14-,17-11-. The molecule has 2 aromatic carbocycles. The number of halogens is 1. The van der Waals surface area contributed by atoms with Gasteiger partial charge in [-0.15, -0.1) is 0 Å². The molecule has 0 aliphatic carbocycles. The average Bonchev–Trinajstić information content (AvgIpc) is 2.46. The Kier molecular flexibility index (Phi) is 4.31. The monoisotopic (exact) mass is 301 g/mol. The van der Waals surface area contributed by atoms with Crippen LogP contribution < -0.4 is 0 Å². The maximum absolute atomic E-state index is 8.81. The van der Waals surface area contributed by atoms with Crippen molar-refractivity contribution in [3.63, 3.8) is 0 Å². The molecular weight excluding hydrogens is 290 g/mol. The molecule has 0 aromatic heterocycles. The van der Waals surface area contributed by atoms with E-state index >= 15 is 0 Å². The fourth-order valence-electron chi connectivity index (χ4n) is 1.67. The number of allylic oxidation sites excluding steroid dienone is 1. The minimum Gasteiger partial charge on any atom is -0.411 e. The highest BCUT2D eigenvalue weighted by molar-refractivity contribution is 9.15. The molecule has 0 aliphatic rings. The smallest absolute Gasteiger partial charge is 0.0751 e. The molecule has 1 N–H and O–H groups in total. The summed E-state index contributed by atoms with van der Waals surface area (Å²) in [6, 6.07) is 19.7. The maximum Gasteiger partial charge on any atom is 0.0751 e. The zero-order valence-corrected chi connectivity index (χ0v) is 11.2. The second kappa shape index (κ2) is 6.17. The van der Waals surface area contributed by atoms with E-state index in [1.54, 1.807) is 0 Å². The first kappa shape index (κ1) is 12.6. The molecule has 0 atom stereocenters. The van der Waals surface area contributed by atoms with Crippen molar-refractivity contribution in [2.24, 2.45) is 5.16 Å². The summed E-state index contributed by atoms with van der Waals surface area (Å²) in [6.07, 6.45) is 1.44. The van der Waals surface area contributed by atoms with Crippen LogP contribution in [0.15, 0.2) is 65.8 Å². The highest BCUT2D eigenvalue weighted by atomic mass is 79.9. The third-order valence-electron chi connectivity index (χ3n) is 2.54. The van der Waals surface area contributed by atoms with E-state index in [2.05, 4.69) is 21.1 Å². The van der Waals surface area contributed by atoms with Crippen molar-refractivity contribution in [2.75, 3.05) is 0 Å². The average molecular weight is 302 g/mol. The highest BCUT2D eigenvalue weighted by Crippen LogP contribution is 2.29. The van der Waals surface area contributed by atoms with Gasteiger partial charge >= 0.3 is 0 Å². The summed E-state index contributed by atoms with van der Waals surface area (Å²) in [5.74, 6) is 0. The lowest BCUT2D eigenvalue weighted by Gasteiger charge is -2.06. The summed E-state index contributed by atoms with van der Waals surface area (Å²) in [7, 11) is 0. The predicted octanol–water partition coefficient (Wildman–Crippen LogP) is 4.41. The molecule has 0 bridgehead atoms. The Hall–Kier alpha value is -1.87. The van der Waals surface area contributed by atoms with Crippen molar-refractivity contribution in [3.8, 4) is 0 Å². The van der Waals surface area contributed by atoms with Crippen molar-refractivity contribution in [3.05, 3.63) is 71.8 Å². The lowest BCUT2D eigenvalue weighted by Crippen LogP contribution is -1.89. The first-order valence-electron chi connectivity index (χ1n) is 5.51. The van der Waals surface area contributed by atoms with E-state index < -0.39 is 0 Å². The predicted molar refractivity (Wildman–Crippen MR) is 78.9 cm³/mol. The van der Waals surface area contributed by atoms with Gasteiger partial charge in [0.2, 0.25) is 0 Å². The minimum atomic E-state index is 0.837. The molecule has 0 saturated carbocycles. The van der Waals surface area contributed by atoms with Crippen molar-refractivity contribution in [1.29, 1.82) is 0 Å². The lowest BCUT2D eigenvalue weighted by atomic mass is 10.0. The molecule has 0 heterocycles. The molecule has 0 saturated heterocycles. The van der Waals surface area contributed by atoms with Gasteiger partial charge in [-0.05, 0) is 27.1 Å². The summed E-state index contributed by atoms with van der Waals surface area (Å²) in [5, 5.41) is 12.0. The largest absolute Gasteiger partial charge is 0.411 e. The number of hydrogen-bond acceptors (Lipinski definition) is 2. The van der Waals surface area contributed by atoms with Crippen LogP contribution in [0, 0.1) is 0 Å². The van der Waals surface area contributed by atoms with Crippen LogP contribution in [-0.4, -0.2) is 11.4 Å². The van der Waals surface area contributed by atoms with Crippen LogP contribution in [0.5, 0.6) is 0 Å². The van der Waals surface area contributed by atoms with Gasteiger partial charge in [0.25, 0.3) is 0 Å². The third kappa shape index (κ3) is 2.87. The van der Waals surface area contributed by atoms with Crippen LogP contribution >= 0.6 is 15.9 Å². The van der Waals surface area contributed by atoms with Gasteiger partial charge in [0.1, 0.15) is 0 Å². The van der Waals surface area contributed by atoms with Gasteiger partial charge in [-0.1, -0.05) is 65.8 Å².